The first-order valence-corrected chi connectivity index (χ1v) is 6.18. The molecule has 1 aromatic heterocycles. The predicted molar refractivity (Wildman–Crippen MR) is 65.4 cm³/mol. The predicted octanol–water partition coefficient (Wildman–Crippen LogP) is 2.13. The molecule has 1 amide bonds. The highest BCUT2D eigenvalue weighted by atomic mass is 32.1. The molecule has 4 nitrogen and oxygen atoms in total. The molecule has 0 spiro atoms. The van der Waals surface area contributed by atoms with Crippen LogP contribution in [-0.2, 0) is 4.74 Å². The summed E-state index contributed by atoms with van der Waals surface area (Å²) in [5, 5.41) is 5.42. The van der Waals surface area contributed by atoms with Crippen LogP contribution in [0.1, 0.15) is 24.8 Å². The van der Waals surface area contributed by atoms with E-state index in [1.165, 1.54) is 4.88 Å². The molecular weight excluding hydrogens is 224 g/mol. The number of amides is 1. The topological polar surface area (TPSA) is 64.3 Å². The summed E-state index contributed by atoms with van der Waals surface area (Å²) < 4.78 is 4.67. The van der Waals surface area contributed by atoms with Gasteiger partial charge in [-0.05, 0) is 17.4 Å². The summed E-state index contributed by atoms with van der Waals surface area (Å²) >= 11 is 1.73. The number of thiophene rings is 1. The van der Waals surface area contributed by atoms with Gasteiger partial charge in [0.1, 0.15) is 6.61 Å². The maximum atomic E-state index is 10.4. The van der Waals surface area contributed by atoms with E-state index in [0.29, 0.717) is 25.1 Å². The van der Waals surface area contributed by atoms with E-state index in [4.69, 9.17) is 5.73 Å². The summed E-state index contributed by atoms with van der Waals surface area (Å²) in [5.41, 5.74) is 4.88. The van der Waals surface area contributed by atoms with E-state index >= 15 is 0 Å². The van der Waals surface area contributed by atoms with Gasteiger partial charge in [-0.2, -0.15) is 0 Å². The van der Waals surface area contributed by atoms with Crippen LogP contribution in [0.4, 0.5) is 4.79 Å². The van der Waals surface area contributed by atoms with E-state index in [1.54, 1.807) is 11.3 Å². The third-order valence-electron chi connectivity index (χ3n) is 2.23. The van der Waals surface area contributed by atoms with Gasteiger partial charge in [0.2, 0.25) is 0 Å². The number of carbonyl (C=O) groups is 1. The van der Waals surface area contributed by atoms with Gasteiger partial charge in [-0.1, -0.05) is 19.9 Å². The Morgan fingerprint density at radius 1 is 1.62 bits per heavy atom. The number of hydrogen-bond acceptors (Lipinski definition) is 4. The fourth-order valence-electron chi connectivity index (χ4n) is 1.50. The molecule has 16 heavy (non-hydrogen) atoms. The van der Waals surface area contributed by atoms with Crippen LogP contribution in [0.2, 0.25) is 0 Å². The monoisotopic (exact) mass is 242 g/mol. The first-order valence-electron chi connectivity index (χ1n) is 5.30. The molecular formula is C11H18N2O2S. The van der Waals surface area contributed by atoms with Gasteiger partial charge in [0.25, 0.3) is 0 Å². The van der Waals surface area contributed by atoms with Gasteiger partial charge in [0.05, 0.1) is 0 Å². The molecule has 1 rings (SSSR count). The Morgan fingerprint density at radius 3 is 2.88 bits per heavy atom. The van der Waals surface area contributed by atoms with Gasteiger partial charge in [-0.15, -0.1) is 11.3 Å². The number of rotatable bonds is 6. The zero-order valence-electron chi connectivity index (χ0n) is 9.60. The first kappa shape index (κ1) is 13.0. The standard InChI is InChI=1S/C11H18N2O2S/c1-8(2)10(9-4-3-7-16-9)13-5-6-15-11(12)14/h3-4,7-8,10,13H,5-6H2,1-2H3,(H2,12,14). The Bertz CT molecular complexity index is 312. The smallest absolute Gasteiger partial charge is 0.404 e. The summed E-state index contributed by atoms with van der Waals surface area (Å²) in [6.45, 7) is 5.24. The second-order valence-electron chi connectivity index (χ2n) is 3.86. The molecule has 0 saturated heterocycles. The molecule has 0 aromatic carbocycles. The molecule has 5 heteroatoms. The molecule has 1 aromatic rings. The molecule has 0 aliphatic rings. The molecule has 0 saturated carbocycles. The van der Waals surface area contributed by atoms with Crippen molar-refractivity contribution < 1.29 is 9.53 Å². The van der Waals surface area contributed by atoms with Crippen molar-refractivity contribution in [3.8, 4) is 0 Å². The number of ether oxygens (including phenoxy) is 1. The number of primary amides is 1. The average molecular weight is 242 g/mol. The van der Waals surface area contributed by atoms with E-state index in [1.807, 2.05) is 6.07 Å². The molecule has 90 valence electrons. The lowest BCUT2D eigenvalue weighted by atomic mass is 10.0. The minimum absolute atomic E-state index is 0.302. The lowest BCUT2D eigenvalue weighted by Gasteiger charge is -2.21. The summed E-state index contributed by atoms with van der Waals surface area (Å²) in [4.78, 5) is 11.7. The van der Waals surface area contributed by atoms with Crippen LogP contribution < -0.4 is 11.1 Å². The van der Waals surface area contributed by atoms with Crippen molar-refractivity contribution in [2.24, 2.45) is 11.7 Å². The summed E-state index contributed by atoms with van der Waals surface area (Å²) in [7, 11) is 0. The highest BCUT2D eigenvalue weighted by Crippen LogP contribution is 2.25. The molecule has 0 aliphatic heterocycles. The van der Waals surface area contributed by atoms with Gasteiger partial charge in [0, 0.05) is 17.5 Å². The normalized spacial score (nSPS) is 12.7. The Morgan fingerprint density at radius 2 is 2.38 bits per heavy atom. The van der Waals surface area contributed by atoms with Crippen LogP contribution in [0.15, 0.2) is 17.5 Å². The van der Waals surface area contributed by atoms with Crippen molar-refractivity contribution in [3.05, 3.63) is 22.4 Å². The van der Waals surface area contributed by atoms with Crippen LogP contribution in [0.5, 0.6) is 0 Å². The van der Waals surface area contributed by atoms with Crippen LogP contribution in [0, 0.1) is 5.92 Å². The number of hydrogen-bond donors (Lipinski definition) is 2. The Hall–Kier alpha value is -1.07. The Labute approximate surface area is 99.8 Å². The average Bonchev–Trinajstić information content (AvgIpc) is 2.69. The second kappa shape index (κ2) is 6.50. The van der Waals surface area contributed by atoms with Crippen molar-refractivity contribution in [1.29, 1.82) is 0 Å². The highest BCUT2D eigenvalue weighted by Gasteiger charge is 2.15. The minimum atomic E-state index is -0.723. The molecule has 1 heterocycles. The Balaban J connectivity index is 2.38. The lowest BCUT2D eigenvalue weighted by molar-refractivity contribution is 0.155. The highest BCUT2D eigenvalue weighted by molar-refractivity contribution is 7.10. The van der Waals surface area contributed by atoms with Gasteiger partial charge >= 0.3 is 6.09 Å². The van der Waals surface area contributed by atoms with E-state index in [0.717, 1.165) is 0 Å². The van der Waals surface area contributed by atoms with Gasteiger partial charge in [-0.3, -0.25) is 0 Å². The van der Waals surface area contributed by atoms with Crippen LogP contribution in [-0.4, -0.2) is 19.2 Å². The van der Waals surface area contributed by atoms with Gasteiger partial charge < -0.3 is 15.8 Å². The van der Waals surface area contributed by atoms with Crippen molar-refractivity contribution in [1.82, 2.24) is 5.32 Å². The van der Waals surface area contributed by atoms with Crippen molar-refractivity contribution >= 4 is 17.4 Å². The summed E-state index contributed by atoms with van der Waals surface area (Å²) in [6.07, 6.45) is -0.723. The summed E-state index contributed by atoms with van der Waals surface area (Å²) in [5.74, 6) is 0.493. The third-order valence-corrected chi connectivity index (χ3v) is 3.18. The van der Waals surface area contributed by atoms with Crippen molar-refractivity contribution in [2.45, 2.75) is 19.9 Å². The SMILES string of the molecule is CC(C)C(NCCOC(N)=O)c1cccs1. The maximum absolute atomic E-state index is 10.4. The number of carbonyl (C=O) groups excluding carboxylic acids is 1. The fraction of sp³-hybridized carbons (Fsp3) is 0.545. The lowest BCUT2D eigenvalue weighted by Crippen LogP contribution is -2.29. The maximum Gasteiger partial charge on any atom is 0.404 e. The quantitative estimate of drug-likeness (QED) is 0.751. The van der Waals surface area contributed by atoms with Crippen LogP contribution in [0.3, 0.4) is 0 Å². The van der Waals surface area contributed by atoms with Gasteiger partial charge in [-0.25, -0.2) is 4.79 Å². The van der Waals surface area contributed by atoms with Crippen LogP contribution >= 0.6 is 11.3 Å². The van der Waals surface area contributed by atoms with E-state index in [2.05, 4.69) is 35.3 Å². The zero-order valence-corrected chi connectivity index (χ0v) is 10.4. The molecule has 1 atom stereocenters. The fourth-order valence-corrected chi connectivity index (χ4v) is 2.47. The molecule has 3 N–H and O–H groups in total. The first-order chi connectivity index (χ1) is 7.61. The van der Waals surface area contributed by atoms with Crippen molar-refractivity contribution in [3.63, 3.8) is 0 Å². The van der Waals surface area contributed by atoms with E-state index < -0.39 is 6.09 Å². The van der Waals surface area contributed by atoms with Crippen LogP contribution in [0.25, 0.3) is 0 Å². The Kier molecular flexibility index (Phi) is 5.28. The molecule has 1 unspecified atom stereocenters. The number of nitrogens with one attached hydrogen (secondary N) is 1. The van der Waals surface area contributed by atoms with E-state index in [9.17, 15) is 4.79 Å². The molecule has 0 radical (unpaired) electrons. The zero-order chi connectivity index (χ0) is 12.0. The number of nitrogens with two attached hydrogens (primary N) is 1. The molecule has 0 aliphatic carbocycles. The summed E-state index contributed by atoms with van der Waals surface area (Å²) in [6, 6.07) is 4.45. The molecule has 0 fully saturated rings. The molecule has 0 bridgehead atoms. The largest absolute Gasteiger partial charge is 0.448 e. The third kappa shape index (κ3) is 4.20. The van der Waals surface area contributed by atoms with E-state index in [-0.39, 0.29) is 0 Å². The minimum Gasteiger partial charge on any atom is -0.448 e. The second-order valence-corrected chi connectivity index (χ2v) is 4.84. The van der Waals surface area contributed by atoms with Crippen molar-refractivity contribution in [2.75, 3.05) is 13.2 Å². The van der Waals surface area contributed by atoms with Gasteiger partial charge in [0.15, 0.2) is 0 Å².